The standard InChI is InChI=1S/C14H19F2NO4/c1-3-20-11-6-5-9(7-12(11)21-4-2)14(19)17-8-10(18)13(15)16/h5-7,10,13,18H,3-4,8H2,1-2H3,(H,17,19). The molecule has 1 amide bonds. The van der Waals surface area contributed by atoms with Crippen molar-refractivity contribution < 1.29 is 28.2 Å². The van der Waals surface area contributed by atoms with Crippen molar-refractivity contribution in [2.45, 2.75) is 26.4 Å². The van der Waals surface area contributed by atoms with E-state index in [-0.39, 0.29) is 5.56 Å². The van der Waals surface area contributed by atoms with Gasteiger partial charge in [0, 0.05) is 12.1 Å². The van der Waals surface area contributed by atoms with Gasteiger partial charge < -0.3 is 19.9 Å². The molecule has 0 aliphatic rings. The van der Waals surface area contributed by atoms with Crippen molar-refractivity contribution in [3.8, 4) is 11.5 Å². The second kappa shape index (κ2) is 8.41. The molecule has 0 spiro atoms. The Labute approximate surface area is 121 Å². The normalized spacial score (nSPS) is 12.1. The molecule has 5 nitrogen and oxygen atoms in total. The molecule has 0 bridgehead atoms. The number of carbonyl (C=O) groups excluding carboxylic acids is 1. The fourth-order valence-corrected chi connectivity index (χ4v) is 1.58. The molecule has 1 atom stereocenters. The summed E-state index contributed by atoms with van der Waals surface area (Å²) in [5.74, 6) is 0.337. The van der Waals surface area contributed by atoms with Gasteiger partial charge in [-0.3, -0.25) is 4.79 Å². The summed E-state index contributed by atoms with van der Waals surface area (Å²) in [7, 11) is 0. The number of aliphatic hydroxyl groups excluding tert-OH is 1. The van der Waals surface area contributed by atoms with E-state index in [1.807, 2.05) is 6.92 Å². The smallest absolute Gasteiger partial charge is 0.265 e. The predicted molar refractivity (Wildman–Crippen MR) is 73.1 cm³/mol. The average molecular weight is 303 g/mol. The number of benzene rings is 1. The fraction of sp³-hybridized carbons (Fsp3) is 0.500. The van der Waals surface area contributed by atoms with Crippen LogP contribution in [0.15, 0.2) is 18.2 Å². The van der Waals surface area contributed by atoms with Gasteiger partial charge in [0.1, 0.15) is 6.10 Å². The van der Waals surface area contributed by atoms with Gasteiger partial charge in [-0.25, -0.2) is 8.78 Å². The third-order valence-electron chi connectivity index (χ3n) is 2.57. The van der Waals surface area contributed by atoms with Crippen LogP contribution in [0.1, 0.15) is 24.2 Å². The topological polar surface area (TPSA) is 67.8 Å². The minimum absolute atomic E-state index is 0.239. The maximum atomic E-state index is 12.1. The van der Waals surface area contributed by atoms with Crippen molar-refractivity contribution in [3.05, 3.63) is 23.8 Å². The number of ether oxygens (including phenoxy) is 2. The van der Waals surface area contributed by atoms with Crippen molar-refractivity contribution in [1.29, 1.82) is 0 Å². The summed E-state index contributed by atoms with van der Waals surface area (Å²) in [6.45, 7) is 3.94. The third kappa shape index (κ3) is 5.18. The highest BCUT2D eigenvalue weighted by Crippen LogP contribution is 2.28. The zero-order valence-corrected chi connectivity index (χ0v) is 11.9. The van der Waals surface area contributed by atoms with Gasteiger partial charge in [0.15, 0.2) is 11.5 Å². The van der Waals surface area contributed by atoms with Crippen LogP contribution in [-0.4, -0.2) is 43.3 Å². The molecule has 1 unspecified atom stereocenters. The molecular formula is C14H19F2NO4. The van der Waals surface area contributed by atoms with Crippen molar-refractivity contribution in [2.75, 3.05) is 19.8 Å². The largest absolute Gasteiger partial charge is 0.490 e. The number of nitrogens with one attached hydrogen (secondary N) is 1. The molecule has 0 fully saturated rings. The molecule has 7 heteroatoms. The van der Waals surface area contributed by atoms with E-state index >= 15 is 0 Å². The van der Waals surface area contributed by atoms with Crippen LogP contribution in [0, 0.1) is 0 Å². The molecule has 0 radical (unpaired) electrons. The monoisotopic (exact) mass is 303 g/mol. The summed E-state index contributed by atoms with van der Waals surface area (Å²) in [6, 6.07) is 4.54. The highest BCUT2D eigenvalue weighted by molar-refractivity contribution is 5.94. The number of alkyl halides is 2. The first-order valence-corrected chi connectivity index (χ1v) is 6.63. The van der Waals surface area contributed by atoms with Crippen LogP contribution in [0.3, 0.4) is 0 Å². The van der Waals surface area contributed by atoms with E-state index in [9.17, 15) is 13.6 Å². The number of amides is 1. The van der Waals surface area contributed by atoms with Gasteiger partial charge in [-0.15, -0.1) is 0 Å². The summed E-state index contributed by atoms with van der Waals surface area (Å²) in [6.07, 6.45) is -4.78. The molecular weight excluding hydrogens is 284 g/mol. The molecule has 0 saturated heterocycles. The lowest BCUT2D eigenvalue weighted by atomic mass is 10.2. The van der Waals surface area contributed by atoms with Gasteiger partial charge in [-0.05, 0) is 32.0 Å². The van der Waals surface area contributed by atoms with Crippen LogP contribution in [0.2, 0.25) is 0 Å². The first-order valence-electron chi connectivity index (χ1n) is 6.63. The van der Waals surface area contributed by atoms with E-state index in [1.54, 1.807) is 13.0 Å². The molecule has 0 aromatic heterocycles. The number of halogens is 2. The van der Waals surface area contributed by atoms with E-state index in [0.29, 0.717) is 24.7 Å². The van der Waals surface area contributed by atoms with Gasteiger partial charge in [-0.1, -0.05) is 0 Å². The molecule has 1 aromatic rings. The summed E-state index contributed by atoms with van der Waals surface area (Å²) in [5, 5.41) is 11.2. The lowest BCUT2D eigenvalue weighted by Gasteiger charge is -2.13. The minimum atomic E-state index is -2.90. The van der Waals surface area contributed by atoms with E-state index in [4.69, 9.17) is 14.6 Å². The molecule has 1 aromatic carbocycles. The fourth-order valence-electron chi connectivity index (χ4n) is 1.58. The molecule has 0 aliphatic carbocycles. The first kappa shape index (κ1) is 17.2. The Balaban J connectivity index is 2.78. The third-order valence-corrected chi connectivity index (χ3v) is 2.57. The predicted octanol–water partition coefficient (Wildman–Crippen LogP) is 1.84. The van der Waals surface area contributed by atoms with Crippen LogP contribution in [0.5, 0.6) is 11.5 Å². The van der Waals surface area contributed by atoms with E-state index in [1.165, 1.54) is 12.1 Å². The van der Waals surface area contributed by atoms with Gasteiger partial charge >= 0.3 is 0 Å². The SMILES string of the molecule is CCOc1ccc(C(=O)NCC(O)C(F)F)cc1OCC. The van der Waals surface area contributed by atoms with Gasteiger partial charge in [-0.2, -0.15) is 0 Å². The van der Waals surface area contributed by atoms with Crippen LogP contribution in [0.4, 0.5) is 8.78 Å². The number of rotatable bonds is 8. The Morgan fingerprint density at radius 2 is 1.86 bits per heavy atom. The zero-order valence-electron chi connectivity index (χ0n) is 11.9. The molecule has 2 N–H and O–H groups in total. The van der Waals surface area contributed by atoms with Crippen molar-refractivity contribution in [1.82, 2.24) is 5.32 Å². The Morgan fingerprint density at radius 1 is 1.24 bits per heavy atom. The highest BCUT2D eigenvalue weighted by Gasteiger charge is 2.18. The molecule has 21 heavy (non-hydrogen) atoms. The summed E-state index contributed by atoms with van der Waals surface area (Å²) >= 11 is 0. The second-order valence-corrected chi connectivity index (χ2v) is 4.14. The van der Waals surface area contributed by atoms with E-state index < -0.39 is 25.0 Å². The lowest BCUT2D eigenvalue weighted by Crippen LogP contribution is -2.35. The maximum absolute atomic E-state index is 12.1. The quantitative estimate of drug-likeness (QED) is 0.769. The summed E-state index contributed by atoms with van der Waals surface area (Å²) in [5.41, 5.74) is 0.239. The Morgan fingerprint density at radius 3 is 2.43 bits per heavy atom. The first-order chi connectivity index (χ1) is 9.99. The summed E-state index contributed by atoms with van der Waals surface area (Å²) in [4.78, 5) is 11.8. The number of hydrogen-bond donors (Lipinski definition) is 2. The van der Waals surface area contributed by atoms with Crippen LogP contribution >= 0.6 is 0 Å². The van der Waals surface area contributed by atoms with E-state index in [2.05, 4.69) is 5.32 Å². The zero-order chi connectivity index (χ0) is 15.8. The van der Waals surface area contributed by atoms with Gasteiger partial charge in [0.2, 0.25) is 0 Å². The van der Waals surface area contributed by atoms with Gasteiger partial charge in [0.25, 0.3) is 12.3 Å². The molecule has 0 saturated carbocycles. The molecule has 0 aliphatic heterocycles. The highest BCUT2D eigenvalue weighted by atomic mass is 19.3. The number of aliphatic hydroxyl groups is 1. The summed E-state index contributed by atoms with van der Waals surface area (Å²) < 4.78 is 35.0. The van der Waals surface area contributed by atoms with E-state index in [0.717, 1.165) is 0 Å². The number of hydrogen-bond acceptors (Lipinski definition) is 4. The minimum Gasteiger partial charge on any atom is -0.490 e. The van der Waals surface area contributed by atoms with Crippen molar-refractivity contribution in [3.63, 3.8) is 0 Å². The average Bonchev–Trinajstić information content (AvgIpc) is 2.46. The van der Waals surface area contributed by atoms with Gasteiger partial charge in [0.05, 0.1) is 13.2 Å². The Kier molecular flexibility index (Phi) is 6.87. The Bertz CT molecular complexity index is 468. The molecule has 1 rings (SSSR count). The van der Waals surface area contributed by atoms with Crippen LogP contribution < -0.4 is 14.8 Å². The van der Waals surface area contributed by atoms with Crippen molar-refractivity contribution >= 4 is 5.91 Å². The van der Waals surface area contributed by atoms with Crippen LogP contribution in [0.25, 0.3) is 0 Å². The second-order valence-electron chi connectivity index (χ2n) is 4.14. The Hall–Kier alpha value is -1.89. The number of carbonyl (C=O) groups is 1. The molecule has 118 valence electrons. The maximum Gasteiger partial charge on any atom is 0.265 e. The van der Waals surface area contributed by atoms with Crippen molar-refractivity contribution in [2.24, 2.45) is 0 Å². The van der Waals surface area contributed by atoms with Crippen LogP contribution in [-0.2, 0) is 0 Å². The lowest BCUT2D eigenvalue weighted by molar-refractivity contribution is -0.00270. The molecule has 0 heterocycles.